The largest absolute Gasteiger partial charge is 0.488 e. The number of fused-ring (bicyclic) bond motifs is 1. The normalized spacial score (nSPS) is 13.0. The van der Waals surface area contributed by atoms with Crippen molar-refractivity contribution in [1.29, 1.82) is 0 Å². The quantitative estimate of drug-likeness (QED) is 0.580. The van der Waals surface area contributed by atoms with Gasteiger partial charge in [-0.1, -0.05) is 53.7 Å². The molecular formula is C20H15N3O3. The highest BCUT2D eigenvalue weighted by Crippen LogP contribution is 2.25. The van der Waals surface area contributed by atoms with E-state index in [0.717, 1.165) is 22.4 Å². The van der Waals surface area contributed by atoms with Crippen molar-refractivity contribution in [3.05, 3.63) is 77.5 Å². The van der Waals surface area contributed by atoms with Crippen LogP contribution in [0.25, 0.3) is 17.4 Å². The number of hydrogen-bond acceptors (Lipinski definition) is 5. The SMILES string of the molecule is O=C(N/N=C/C1=Cc2ccccc2OC1)c1cc(-c2ccccc2)on1. The van der Waals surface area contributed by atoms with Crippen molar-refractivity contribution in [2.24, 2.45) is 5.10 Å². The van der Waals surface area contributed by atoms with Crippen molar-refractivity contribution in [2.75, 3.05) is 6.61 Å². The zero-order valence-electron chi connectivity index (χ0n) is 13.8. The molecule has 1 aliphatic heterocycles. The second-order valence-electron chi connectivity index (χ2n) is 5.69. The lowest BCUT2D eigenvalue weighted by Gasteiger charge is -2.15. The number of carbonyl (C=O) groups excluding carboxylic acids is 1. The van der Waals surface area contributed by atoms with E-state index >= 15 is 0 Å². The van der Waals surface area contributed by atoms with E-state index in [1.807, 2.05) is 60.7 Å². The van der Waals surface area contributed by atoms with Gasteiger partial charge in [0.25, 0.3) is 5.91 Å². The second kappa shape index (κ2) is 7.06. The third-order valence-corrected chi connectivity index (χ3v) is 3.85. The Bertz CT molecular complexity index is 990. The van der Waals surface area contributed by atoms with Gasteiger partial charge in [-0.05, 0) is 12.1 Å². The molecule has 1 aliphatic rings. The molecule has 0 bridgehead atoms. The van der Waals surface area contributed by atoms with E-state index in [9.17, 15) is 4.79 Å². The Hall–Kier alpha value is -3.67. The van der Waals surface area contributed by atoms with Gasteiger partial charge in [0.2, 0.25) is 0 Å². The van der Waals surface area contributed by atoms with Crippen LogP contribution in [0.15, 0.2) is 75.9 Å². The molecule has 26 heavy (non-hydrogen) atoms. The van der Waals surface area contributed by atoms with Crippen LogP contribution in [0.4, 0.5) is 0 Å². The van der Waals surface area contributed by atoms with Crippen LogP contribution in [-0.4, -0.2) is 23.9 Å². The molecule has 0 fully saturated rings. The smallest absolute Gasteiger partial charge is 0.293 e. The van der Waals surface area contributed by atoms with Crippen molar-refractivity contribution < 1.29 is 14.1 Å². The molecule has 4 rings (SSSR count). The van der Waals surface area contributed by atoms with E-state index in [-0.39, 0.29) is 5.69 Å². The molecule has 128 valence electrons. The Kier molecular flexibility index (Phi) is 4.30. The standard InChI is InChI=1S/C20H15N3O3/c24-20(17-11-19(26-23-17)15-6-2-1-3-7-15)22-21-12-14-10-16-8-4-5-9-18(16)25-13-14/h1-12H,13H2,(H,22,24)/b21-12+. The van der Waals surface area contributed by atoms with E-state index < -0.39 is 5.91 Å². The van der Waals surface area contributed by atoms with Gasteiger partial charge >= 0.3 is 0 Å². The lowest BCUT2D eigenvalue weighted by Crippen LogP contribution is -2.18. The number of rotatable bonds is 4. The van der Waals surface area contributed by atoms with Gasteiger partial charge in [0.15, 0.2) is 11.5 Å². The summed E-state index contributed by atoms with van der Waals surface area (Å²) in [4.78, 5) is 12.1. The first kappa shape index (κ1) is 15.8. The highest BCUT2D eigenvalue weighted by molar-refractivity contribution is 5.94. The number of carbonyl (C=O) groups is 1. The molecule has 1 aromatic heterocycles. The third-order valence-electron chi connectivity index (χ3n) is 3.85. The fraction of sp³-hybridized carbons (Fsp3) is 0.0500. The number of ether oxygens (including phenoxy) is 1. The summed E-state index contributed by atoms with van der Waals surface area (Å²) < 4.78 is 10.8. The maximum Gasteiger partial charge on any atom is 0.293 e. The Morgan fingerprint density at radius 2 is 1.92 bits per heavy atom. The number of amides is 1. The lowest BCUT2D eigenvalue weighted by atomic mass is 10.1. The molecule has 6 heteroatoms. The van der Waals surface area contributed by atoms with Crippen LogP contribution in [0, 0.1) is 0 Å². The van der Waals surface area contributed by atoms with Crippen molar-refractivity contribution in [3.63, 3.8) is 0 Å². The summed E-state index contributed by atoms with van der Waals surface area (Å²) in [5.74, 6) is 0.925. The molecule has 0 unspecified atom stereocenters. The first-order valence-corrected chi connectivity index (χ1v) is 8.07. The van der Waals surface area contributed by atoms with Gasteiger partial charge in [-0.25, -0.2) is 5.43 Å². The molecule has 0 atom stereocenters. The van der Waals surface area contributed by atoms with Crippen molar-refractivity contribution in [3.8, 4) is 17.1 Å². The van der Waals surface area contributed by atoms with Crippen molar-refractivity contribution in [2.45, 2.75) is 0 Å². The van der Waals surface area contributed by atoms with Gasteiger partial charge in [0, 0.05) is 22.8 Å². The molecular weight excluding hydrogens is 330 g/mol. The molecule has 2 heterocycles. The molecule has 0 saturated carbocycles. The Morgan fingerprint density at radius 1 is 1.12 bits per heavy atom. The predicted octanol–water partition coefficient (Wildman–Crippen LogP) is 3.53. The summed E-state index contributed by atoms with van der Waals surface area (Å²) in [5, 5.41) is 7.76. The Labute approximate surface area is 149 Å². The van der Waals surface area contributed by atoms with E-state index in [1.54, 1.807) is 12.3 Å². The first-order valence-electron chi connectivity index (χ1n) is 8.07. The van der Waals surface area contributed by atoms with Gasteiger partial charge in [0.1, 0.15) is 12.4 Å². The molecule has 3 aromatic rings. The molecule has 1 N–H and O–H groups in total. The molecule has 0 radical (unpaired) electrons. The minimum absolute atomic E-state index is 0.167. The summed E-state index contributed by atoms with van der Waals surface area (Å²) in [6.45, 7) is 0.401. The van der Waals surface area contributed by atoms with Gasteiger partial charge in [-0.2, -0.15) is 5.10 Å². The highest BCUT2D eigenvalue weighted by Gasteiger charge is 2.13. The number of aromatic nitrogens is 1. The van der Waals surface area contributed by atoms with Crippen LogP contribution in [0.5, 0.6) is 5.75 Å². The van der Waals surface area contributed by atoms with Gasteiger partial charge < -0.3 is 9.26 Å². The Balaban J connectivity index is 1.41. The minimum Gasteiger partial charge on any atom is -0.488 e. The Morgan fingerprint density at radius 3 is 2.81 bits per heavy atom. The summed E-state index contributed by atoms with van der Waals surface area (Å²) >= 11 is 0. The molecule has 0 aliphatic carbocycles. The van der Waals surface area contributed by atoms with Gasteiger partial charge in [-0.15, -0.1) is 0 Å². The maximum atomic E-state index is 12.1. The van der Waals surface area contributed by atoms with Gasteiger partial charge in [-0.3, -0.25) is 4.79 Å². The van der Waals surface area contributed by atoms with E-state index in [0.29, 0.717) is 12.4 Å². The molecule has 6 nitrogen and oxygen atoms in total. The van der Waals surface area contributed by atoms with Crippen LogP contribution < -0.4 is 10.2 Å². The molecule has 0 saturated heterocycles. The minimum atomic E-state index is -0.440. The second-order valence-corrected chi connectivity index (χ2v) is 5.69. The van der Waals surface area contributed by atoms with Crippen molar-refractivity contribution >= 4 is 18.2 Å². The fourth-order valence-electron chi connectivity index (χ4n) is 2.56. The topological polar surface area (TPSA) is 76.7 Å². The summed E-state index contributed by atoms with van der Waals surface area (Å²) in [7, 11) is 0. The molecule has 0 spiro atoms. The van der Waals surface area contributed by atoms with Crippen molar-refractivity contribution in [1.82, 2.24) is 10.6 Å². The van der Waals surface area contributed by atoms with E-state index in [2.05, 4.69) is 15.7 Å². The number of hydrazone groups is 1. The zero-order chi connectivity index (χ0) is 17.8. The van der Waals surface area contributed by atoms with Crippen LogP contribution >= 0.6 is 0 Å². The average molecular weight is 345 g/mol. The number of nitrogens with one attached hydrogen (secondary N) is 1. The summed E-state index contributed by atoms with van der Waals surface area (Å²) in [6.07, 6.45) is 3.53. The van der Waals surface area contributed by atoms with Crippen LogP contribution in [0.1, 0.15) is 16.1 Å². The maximum absolute atomic E-state index is 12.1. The number of nitrogens with zero attached hydrogens (tertiary/aromatic N) is 2. The summed E-state index contributed by atoms with van der Waals surface area (Å²) in [6, 6.07) is 18.8. The van der Waals surface area contributed by atoms with Crippen LogP contribution in [-0.2, 0) is 0 Å². The monoisotopic (exact) mass is 345 g/mol. The zero-order valence-corrected chi connectivity index (χ0v) is 13.8. The number of para-hydroxylation sites is 1. The van der Waals surface area contributed by atoms with Gasteiger partial charge in [0.05, 0.1) is 6.21 Å². The van der Waals surface area contributed by atoms with Crippen LogP contribution in [0.3, 0.4) is 0 Å². The van der Waals surface area contributed by atoms with E-state index in [4.69, 9.17) is 9.26 Å². The molecule has 1 amide bonds. The van der Waals surface area contributed by atoms with E-state index in [1.165, 1.54) is 0 Å². The average Bonchev–Trinajstić information content (AvgIpc) is 3.19. The fourth-order valence-corrected chi connectivity index (χ4v) is 2.56. The van der Waals surface area contributed by atoms with Crippen LogP contribution in [0.2, 0.25) is 0 Å². The highest BCUT2D eigenvalue weighted by atomic mass is 16.5. The summed E-state index contributed by atoms with van der Waals surface area (Å²) in [5.41, 5.74) is 5.30. The lowest BCUT2D eigenvalue weighted by molar-refractivity contribution is 0.0946. The number of hydrogen-bond donors (Lipinski definition) is 1. The first-order chi connectivity index (χ1) is 12.8. The molecule has 2 aromatic carbocycles. The third kappa shape index (κ3) is 3.39. The number of benzene rings is 2. The predicted molar refractivity (Wildman–Crippen MR) is 97.8 cm³/mol.